The Morgan fingerprint density at radius 1 is 1.25 bits per heavy atom. The lowest BCUT2D eigenvalue weighted by Gasteiger charge is -2.25. The van der Waals surface area contributed by atoms with Crippen LogP contribution in [0.1, 0.15) is 42.6 Å². The second-order valence-corrected chi connectivity index (χ2v) is 5.69. The summed E-state index contributed by atoms with van der Waals surface area (Å²) in [6.07, 6.45) is 6.38. The van der Waals surface area contributed by atoms with Crippen molar-refractivity contribution >= 4 is 0 Å². The lowest BCUT2D eigenvalue weighted by atomic mass is 9.90. The Labute approximate surface area is 121 Å². The van der Waals surface area contributed by atoms with Gasteiger partial charge in [0.15, 0.2) is 0 Å². The minimum atomic E-state index is 0.477. The maximum Gasteiger partial charge on any atom is 0.105 e. The van der Waals surface area contributed by atoms with Crippen molar-refractivity contribution in [2.24, 2.45) is 0 Å². The van der Waals surface area contributed by atoms with Crippen LogP contribution in [-0.2, 0) is 12.8 Å². The highest BCUT2D eigenvalue weighted by molar-refractivity contribution is 5.36. The zero-order valence-electron chi connectivity index (χ0n) is 12.1. The molecule has 2 aromatic rings. The summed E-state index contributed by atoms with van der Waals surface area (Å²) in [5.41, 5.74) is 3.06. The first-order chi connectivity index (χ1) is 9.88. The highest BCUT2D eigenvalue weighted by Crippen LogP contribution is 2.36. The SMILES string of the molecule is CCCNC(Cc1ccco1)C1CCc2ccccc21. The largest absolute Gasteiger partial charge is 0.469 e. The number of hydrogen-bond donors (Lipinski definition) is 1. The molecule has 2 nitrogen and oxygen atoms in total. The van der Waals surface area contributed by atoms with Gasteiger partial charge in [-0.3, -0.25) is 0 Å². The molecule has 0 aliphatic heterocycles. The average molecular weight is 269 g/mol. The molecule has 1 aliphatic carbocycles. The molecule has 0 saturated heterocycles. The van der Waals surface area contributed by atoms with E-state index in [4.69, 9.17) is 4.42 Å². The highest BCUT2D eigenvalue weighted by Gasteiger charge is 2.29. The summed E-state index contributed by atoms with van der Waals surface area (Å²) in [7, 11) is 0. The monoisotopic (exact) mass is 269 g/mol. The van der Waals surface area contributed by atoms with Crippen LogP contribution in [-0.4, -0.2) is 12.6 Å². The summed E-state index contributed by atoms with van der Waals surface area (Å²) >= 11 is 0. The predicted octanol–water partition coefficient (Wildman–Crippen LogP) is 3.92. The summed E-state index contributed by atoms with van der Waals surface area (Å²) in [5.74, 6) is 1.70. The topological polar surface area (TPSA) is 25.2 Å². The van der Waals surface area contributed by atoms with Gasteiger partial charge in [0, 0.05) is 18.4 Å². The molecule has 0 amide bonds. The Morgan fingerprint density at radius 3 is 2.95 bits per heavy atom. The number of aryl methyl sites for hydroxylation is 1. The molecule has 0 bridgehead atoms. The molecule has 0 radical (unpaired) electrons. The lowest BCUT2D eigenvalue weighted by molar-refractivity contribution is 0.390. The van der Waals surface area contributed by atoms with Crippen LogP contribution in [0, 0.1) is 0 Å². The molecule has 1 heterocycles. The molecule has 2 heteroatoms. The highest BCUT2D eigenvalue weighted by atomic mass is 16.3. The number of nitrogens with one attached hydrogen (secondary N) is 1. The molecule has 0 saturated carbocycles. The van der Waals surface area contributed by atoms with Crippen molar-refractivity contribution in [2.45, 2.75) is 44.6 Å². The molecule has 1 aromatic heterocycles. The minimum Gasteiger partial charge on any atom is -0.469 e. The first-order valence-electron chi connectivity index (χ1n) is 7.72. The number of furan rings is 1. The van der Waals surface area contributed by atoms with Crippen LogP contribution < -0.4 is 5.32 Å². The second kappa shape index (κ2) is 6.27. The van der Waals surface area contributed by atoms with E-state index >= 15 is 0 Å². The Bertz CT molecular complexity index is 532. The molecule has 20 heavy (non-hydrogen) atoms. The van der Waals surface area contributed by atoms with E-state index in [1.165, 1.54) is 30.4 Å². The van der Waals surface area contributed by atoms with E-state index < -0.39 is 0 Å². The third kappa shape index (κ3) is 2.80. The third-order valence-corrected chi connectivity index (χ3v) is 4.32. The lowest BCUT2D eigenvalue weighted by Crippen LogP contribution is -2.36. The van der Waals surface area contributed by atoms with Crippen molar-refractivity contribution in [3.8, 4) is 0 Å². The molecule has 1 aromatic carbocycles. The van der Waals surface area contributed by atoms with Gasteiger partial charge in [-0.05, 0) is 49.1 Å². The Kier molecular flexibility index (Phi) is 4.22. The fraction of sp³-hybridized carbons (Fsp3) is 0.444. The Balaban J connectivity index is 1.79. The minimum absolute atomic E-state index is 0.477. The maximum absolute atomic E-state index is 5.55. The van der Waals surface area contributed by atoms with E-state index in [1.54, 1.807) is 6.26 Å². The van der Waals surface area contributed by atoms with Gasteiger partial charge in [-0.2, -0.15) is 0 Å². The molecule has 2 atom stereocenters. The zero-order chi connectivity index (χ0) is 13.8. The van der Waals surface area contributed by atoms with Crippen molar-refractivity contribution in [2.75, 3.05) is 6.54 Å². The van der Waals surface area contributed by atoms with Gasteiger partial charge in [0.05, 0.1) is 6.26 Å². The van der Waals surface area contributed by atoms with Crippen molar-refractivity contribution in [1.82, 2.24) is 5.32 Å². The predicted molar refractivity (Wildman–Crippen MR) is 82.0 cm³/mol. The molecule has 0 fully saturated rings. The number of benzene rings is 1. The van der Waals surface area contributed by atoms with Crippen molar-refractivity contribution in [1.29, 1.82) is 0 Å². The van der Waals surface area contributed by atoms with E-state index in [-0.39, 0.29) is 0 Å². The fourth-order valence-electron chi connectivity index (χ4n) is 3.34. The molecule has 0 spiro atoms. The van der Waals surface area contributed by atoms with E-state index in [0.29, 0.717) is 12.0 Å². The first kappa shape index (κ1) is 13.4. The number of fused-ring (bicyclic) bond motifs is 1. The average Bonchev–Trinajstić information content (AvgIpc) is 3.12. The molecular formula is C18H23NO. The maximum atomic E-state index is 5.55. The molecule has 2 unspecified atom stereocenters. The zero-order valence-corrected chi connectivity index (χ0v) is 12.1. The Hall–Kier alpha value is -1.54. The van der Waals surface area contributed by atoms with Gasteiger partial charge < -0.3 is 9.73 Å². The van der Waals surface area contributed by atoms with E-state index in [2.05, 4.69) is 42.6 Å². The van der Waals surface area contributed by atoms with Gasteiger partial charge >= 0.3 is 0 Å². The van der Waals surface area contributed by atoms with Crippen molar-refractivity contribution in [3.63, 3.8) is 0 Å². The van der Waals surface area contributed by atoms with Gasteiger partial charge in [-0.1, -0.05) is 31.2 Å². The first-order valence-corrected chi connectivity index (χ1v) is 7.72. The van der Waals surface area contributed by atoms with Crippen LogP contribution in [0.4, 0.5) is 0 Å². The fourth-order valence-corrected chi connectivity index (χ4v) is 3.34. The van der Waals surface area contributed by atoms with Gasteiger partial charge in [-0.15, -0.1) is 0 Å². The number of rotatable bonds is 6. The smallest absolute Gasteiger partial charge is 0.105 e. The molecular weight excluding hydrogens is 246 g/mol. The van der Waals surface area contributed by atoms with Crippen LogP contribution in [0.25, 0.3) is 0 Å². The molecule has 106 valence electrons. The van der Waals surface area contributed by atoms with Crippen LogP contribution in [0.15, 0.2) is 47.1 Å². The summed E-state index contributed by atoms with van der Waals surface area (Å²) in [5, 5.41) is 3.73. The van der Waals surface area contributed by atoms with Crippen LogP contribution in [0.3, 0.4) is 0 Å². The van der Waals surface area contributed by atoms with Gasteiger partial charge in [0.25, 0.3) is 0 Å². The van der Waals surface area contributed by atoms with Crippen molar-refractivity contribution < 1.29 is 4.42 Å². The van der Waals surface area contributed by atoms with Crippen LogP contribution >= 0.6 is 0 Å². The summed E-state index contributed by atoms with van der Waals surface area (Å²) in [6, 6.07) is 13.4. The van der Waals surface area contributed by atoms with Crippen LogP contribution in [0.5, 0.6) is 0 Å². The van der Waals surface area contributed by atoms with Gasteiger partial charge in [0.2, 0.25) is 0 Å². The summed E-state index contributed by atoms with van der Waals surface area (Å²) in [4.78, 5) is 0. The van der Waals surface area contributed by atoms with E-state index in [1.807, 2.05) is 6.07 Å². The standard InChI is InChI=1S/C18H23NO/c1-2-11-19-18(13-15-7-5-12-20-15)17-10-9-14-6-3-4-8-16(14)17/h3-8,12,17-19H,2,9-11,13H2,1H3. The molecule has 1 aliphatic rings. The van der Waals surface area contributed by atoms with Crippen molar-refractivity contribution in [3.05, 3.63) is 59.5 Å². The van der Waals surface area contributed by atoms with E-state index in [0.717, 1.165) is 18.7 Å². The summed E-state index contributed by atoms with van der Waals surface area (Å²) < 4.78 is 5.55. The number of hydrogen-bond acceptors (Lipinski definition) is 2. The molecule has 1 N–H and O–H groups in total. The van der Waals surface area contributed by atoms with Crippen LogP contribution in [0.2, 0.25) is 0 Å². The third-order valence-electron chi connectivity index (χ3n) is 4.32. The van der Waals surface area contributed by atoms with E-state index in [9.17, 15) is 0 Å². The second-order valence-electron chi connectivity index (χ2n) is 5.69. The molecule has 3 rings (SSSR count). The Morgan fingerprint density at radius 2 is 2.15 bits per heavy atom. The van der Waals surface area contributed by atoms with Gasteiger partial charge in [0.1, 0.15) is 5.76 Å². The quantitative estimate of drug-likeness (QED) is 0.860. The summed E-state index contributed by atoms with van der Waals surface area (Å²) in [6.45, 7) is 3.30. The van der Waals surface area contributed by atoms with Gasteiger partial charge in [-0.25, -0.2) is 0 Å². The normalized spacial score (nSPS) is 18.9.